The highest BCUT2D eigenvalue weighted by Gasteiger charge is 2.37. The fourth-order valence-corrected chi connectivity index (χ4v) is 1.80. The summed E-state index contributed by atoms with van der Waals surface area (Å²) in [5.74, 6) is -2.98. The van der Waals surface area contributed by atoms with E-state index in [0.717, 1.165) is 20.2 Å². The molecule has 0 saturated heterocycles. The Labute approximate surface area is 138 Å². The second-order valence-electron chi connectivity index (χ2n) is 4.52. The minimum atomic E-state index is -4.98. The van der Waals surface area contributed by atoms with Crippen molar-refractivity contribution in [2.45, 2.75) is 12.8 Å². The minimum absolute atomic E-state index is 0.127. The summed E-state index contributed by atoms with van der Waals surface area (Å²) in [6.45, 7) is -0.661. The number of rotatable bonds is 5. The second-order valence-corrected chi connectivity index (χ2v) is 4.93. The molecule has 132 valence electrons. The lowest BCUT2D eigenvalue weighted by atomic mass is 10.3. The minimum Gasteiger partial charge on any atom is -0.390 e. The van der Waals surface area contributed by atoms with Crippen LogP contribution in [0.1, 0.15) is 5.69 Å². The van der Waals surface area contributed by atoms with Crippen LogP contribution in [-0.2, 0) is 16.2 Å². The molecule has 0 aliphatic carbocycles. The highest BCUT2D eigenvalue weighted by Crippen LogP contribution is 2.28. The van der Waals surface area contributed by atoms with Gasteiger partial charge in [-0.1, -0.05) is 11.6 Å². The molecule has 1 heterocycles. The van der Waals surface area contributed by atoms with Gasteiger partial charge in [-0.3, -0.25) is 14.5 Å². The number of hydrogen-bond donors (Lipinski definition) is 1. The third kappa shape index (κ3) is 4.42. The van der Waals surface area contributed by atoms with E-state index in [9.17, 15) is 27.2 Å². The lowest BCUT2D eigenvalue weighted by Gasteiger charge is -2.20. The van der Waals surface area contributed by atoms with E-state index in [1.54, 1.807) is 0 Å². The molecule has 0 spiro atoms. The zero-order chi connectivity index (χ0) is 18.7. The van der Waals surface area contributed by atoms with Crippen LogP contribution in [0.4, 0.5) is 23.4 Å². The molecule has 0 saturated carbocycles. The van der Waals surface area contributed by atoms with E-state index in [2.05, 4.69) is 4.98 Å². The Kier molecular flexibility index (Phi) is 6.27. The SMILES string of the molecule is CN(C=O)/C(=C\C(=O)N(C)c1nc(CO)c(Cl)cc1F)C(F)(F)F. The molecular formula is C13H12ClF4N3O3. The first-order chi connectivity index (χ1) is 11.0. The van der Waals surface area contributed by atoms with Crippen LogP contribution in [-0.4, -0.2) is 47.6 Å². The summed E-state index contributed by atoms with van der Waals surface area (Å²) < 4.78 is 52.4. The van der Waals surface area contributed by atoms with E-state index in [1.165, 1.54) is 0 Å². The lowest BCUT2D eigenvalue weighted by Crippen LogP contribution is -2.32. The fraction of sp³-hybridized carbons (Fsp3) is 0.308. The van der Waals surface area contributed by atoms with Gasteiger partial charge in [-0.25, -0.2) is 9.37 Å². The lowest BCUT2D eigenvalue weighted by molar-refractivity contribution is -0.130. The van der Waals surface area contributed by atoms with E-state index < -0.39 is 36.0 Å². The summed E-state index contributed by atoms with van der Waals surface area (Å²) >= 11 is 5.62. The molecule has 0 aromatic carbocycles. The van der Waals surface area contributed by atoms with E-state index in [-0.39, 0.29) is 28.1 Å². The maximum Gasteiger partial charge on any atom is 0.431 e. The van der Waals surface area contributed by atoms with Crippen molar-refractivity contribution in [3.05, 3.63) is 34.4 Å². The average molecular weight is 370 g/mol. The van der Waals surface area contributed by atoms with Crippen molar-refractivity contribution in [3.63, 3.8) is 0 Å². The van der Waals surface area contributed by atoms with Gasteiger partial charge in [0.15, 0.2) is 11.6 Å². The quantitative estimate of drug-likeness (QED) is 0.488. The van der Waals surface area contributed by atoms with Gasteiger partial charge in [0.25, 0.3) is 5.91 Å². The summed E-state index contributed by atoms with van der Waals surface area (Å²) in [6, 6.07) is 0.769. The van der Waals surface area contributed by atoms with Crippen LogP contribution in [0.2, 0.25) is 5.02 Å². The third-order valence-electron chi connectivity index (χ3n) is 2.87. The van der Waals surface area contributed by atoms with Crippen LogP contribution in [0.15, 0.2) is 17.8 Å². The normalized spacial score (nSPS) is 12.1. The molecule has 0 bridgehead atoms. The number of aromatic nitrogens is 1. The molecule has 11 heteroatoms. The Morgan fingerprint density at radius 3 is 2.46 bits per heavy atom. The zero-order valence-corrected chi connectivity index (χ0v) is 13.2. The third-order valence-corrected chi connectivity index (χ3v) is 3.20. The summed E-state index contributed by atoms with van der Waals surface area (Å²) in [5, 5.41) is 8.83. The number of anilines is 1. The Bertz CT molecular complexity index is 679. The number of halogens is 5. The number of pyridine rings is 1. The van der Waals surface area contributed by atoms with Crippen molar-refractivity contribution in [2.24, 2.45) is 0 Å². The number of aliphatic hydroxyl groups excluding tert-OH is 1. The predicted molar refractivity (Wildman–Crippen MR) is 76.5 cm³/mol. The first kappa shape index (κ1) is 19.8. The summed E-state index contributed by atoms with van der Waals surface area (Å²) in [7, 11) is 1.79. The molecule has 1 aromatic rings. The Morgan fingerprint density at radius 2 is 2.00 bits per heavy atom. The molecule has 1 rings (SSSR count). The van der Waals surface area contributed by atoms with Gasteiger partial charge < -0.3 is 10.0 Å². The van der Waals surface area contributed by atoms with Crippen LogP contribution in [0, 0.1) is 5.82 Å². The number of aliphatic hydroxyl groups is 1. The monoisotopic (exact) mass is 369 g/mol. The number of carbonyl (C=O) groups excluding carboxylic acids is 2. The summed E-state index contributed by atoms with van der Waals surface area (Å²) in [6.07, 6.45) is -4.98. The molecule has 1 aromatic heterocycles. The molecule has 0 aliphatic rings. The Hall–Kier alpha value is -2.20. The molecule has 2 amide bonds. The summed E-state index contributed by atoms with van der Waals surface area (Å²) in [5.41, 5.74) is -1.69. The standard InChI is InChI=1S/C13H12ClF4N3O3/c1-20(6-23)10(13(16,17)18)4-11(24)21(2)12-8(15)3-7(14)9(5-22)19-12/h3-4,6,22H,5H2,1-2H3/b10-4-. The van der Waals surface area contributed by atoms with Gasteiger partial charge in [0.2, 0.25) is 6.41 Å². The molecule has 0 fully saturated rings. The topological polar surface area (TPSA) is 73.7 Å². The molecule has 0 aliphatic heterocycles. The van der Waals surface area contributed by atoms with Gasteiger partial charge in [-0.05, 0) is 6.07 Å². The number of likely N-dealkylation sites (N-methyl/N-ethyl adjacent to an activating group) is 1. The number of alkyl halides is 3. The molecule has 0 atom stereocenters. The van der Waals surface area contributed by atoms with Crippen LogP contribution >= 0.6 is 11.6 Å². The van der Waals surface area contributed by atoms with Gasteiger partial charge in [0, 0.05) is 20.2 Å². The molecule has 24 heavy (non-hydrogen) atoms. The number of nitrogens with zero attached hydrogens (tertiary/aromatic N) is 3. The van der Waals surface area contributed by atoms with E-state index >= 15 is 0 Å². The zero-order valence-electron chi connectivity index (χ0n) is 12.4. The molecule has 0 radical (unpaired) electrons. The van der Waals surface area contributed by atoms with Crippen LogP contribution in [0.5, 0.6) is 0 Å². The fourth-order valence-electron chi connectivity index (χ4n) is 1.60. The number of allylic oxidation sites excluding steroid dienone is 1. The number of hydrogen-bond acceptors (Lipinski definition) is 4. The van der Waals surface area contributed by atoms with Gasteiger partial charge >= 0.3 is 6.18 Å². The van der Waals surface area contributed by atoms with Crippen LogP contribution < -0.4 is 4.90 Å². The average Bonchev–Trinajstić information content (AvgIpc) is 2.50. The maximum absolute atomic E-state index is 13.8. The van der Waals surface area contributed by atoms with Crippen molar-refractivity contribution >= 4 is 29.7 Å². The maximum atomic E-state index is 13.8. The second kappa shape index (κ2) is 7.58. The van der Waals surface area contributed by atoms with Crippen LogP contribution in [0.3, 0.4) is 0 Å². The number of amides is 2. The molecule has 0 unspecified atom stereocenters. The Balaban J connectivity index is 3.28. The van der Waals surface area contributed by atoms with Gasteiger partial charge in [-0.2, -0.15) is 13.2 Å². The van der Waals surface area contributed by atoms with Crippen molar-refractivity contribution < 1.29 is 32.3 Å². The van der Waals surface area contributed by atoms with Crippen LogP contribution in [0.25, 0.3) is 0 Å². The highest BCUT2D eigenvalue weighted by atomic mass is 35.5. The Morgan fingerprint density at radius 1 is 1.42 bits per heavy atom. The van der Waals surface area contributed by atoms with E-state index in [4.69, 9.17) is 16.7 Å². The smallest absolute Gasteiger partial charge is 0.390 e. The van der Waals surface area contributed by atoms with Crippen molar-refractivity contribution in [1.29, 1.82) is 0 Å². The molecule has 1 N–H and O–H groups in total. The molecule has 6 nitrogen and oxygen atoms in total. The largest absolute Gasteiger partial charge is 0.431 e. The molecular weight excluding hydrogens is 358 g/mol. The van der Waals surface area contributed by atoms with E-state index in [0.29, 0.717) is 4.90 Å². The van der Waals surface area contributed by atoms with Gasteiger partial charge in [-0.15, -0.1) is 0 Å². The van der Waals surface area contributed by atoms with Crippen molar-refractivity contribution in [3.8, 4) is 0 Å². The number of carbonyl (C=O) groups is 2. The van der Waals surface area contributed by atoms with Gasteiger partial charge in [0.05, 0.1) is 17.3 Å². The van der Waals surface area contributed by atoms with Gasteiger partial charge in [0.1, 0.15) is 5.70 Å². The first-order valence-electron chi connectivity index (χ1n) is 6.23. The predicted octanol–water partition coefficient (Wildman–Crippen LogP) is 1.86. The van der Waals surface area contributed by atoms with E-state index in [1.807, 2.05) is 0 Å². The summed E-state index contributed by atoms with van der Waals surface area (Å²) in [4.78, 5) is 26.8. The first-order valence-corrected chi connectivity index (χ1v) is 6.61. The highest BCUT2D eigenvalue weighted by molar-refractivity contribution is 6.31. The van der Waals surface area contributed by atoms with Crippen molar-refractivity contribution in [1.82, 2.24) is 9.88 Å². The van der Waals surface area contributed by atoms with Crippen molar-refractivity contribution in [2.75, 3.05) is 19.0 Å².